The molecule has 3 heteroatoms. The molecular weight excluding hydrogens is 166 g/mol. The SMILES string of the molecule is CC(=O)O[C@H]1C[C@@H](N)CCC1(C)C. The van der Waals surface area contributed by atoms with Crippen LogP contribution in [0.4, 0.5) is 0 Å². The van der Waals surface area contributed by atoms with E-state index in [1.54, 1.807) is 0 Å². The summed E-state index contributed by atoms with van der Waals surface area (Å²) in [7, 11) is 0. The van der Waals surface area contributed by atoms with E-state index < -0.39 is 0 Å². The quantitative estimate of drug-likeness (QED) is 0.629. The lowest BCUT2D eigenvalue weighted by atomic mass is 9.73. The zero-order valence-corrected chi connectivity index (χ0v) is 8.67. The molecule has 1 aliphatic rings. The number of hydrogen-bond acceptors (Lipinski definition) is 3. The minimum atomic E-state index is -0.202. The van der Waals surface area contributed by atoms with Crippen LogP contribution in [0.1, 0.15) is 40.0 Å². The highest BCUT2D eigenvalue weighted by atomic mass is 16.5. The van der Waals surface area contributed by atoms with Gasteiger partial charge in [-0.3, -0.25) is 4.79 Å². The summed E-state index contributed by atoms with van der Waals surface area (Å²) in [5.41, 5.74) is 5.92. The smallest absolute Gasteiger partial charge is 0.302 e. The summed E-state index contributed by atoms with van der Waals surface area (Å²) in [6, 6.07) is 0.192. The van der Waals surface area contributed by atoms with E-state index in [9.17, 15) is 4.79 Å². The predicted molar refractivity (Wildman–Crippen MR) is 51.2 cm³/mol. The molecule has 2 N–H and O–H groups in total. The molecule has 3 nitrogen and oxygen atoms in total. The third-order valence-corrected chi connectivity index (χ3v) is 2.86. The molecule has 0 saturated heterocycles. The van der Waals surface area contributed by atoms with Gasteiger partial charge in [0, 0.05) is 24.8 Å². The van der Waals surface area contributed by atoms with Crippen LogP contribution in [0.3, 0.4) is 0 Å². The number of carbonyl (C=O) groups is 1. The molecule has 1 rings (SSSR count). The normalized spacial score (nSPS) is 32.6. The highest BCUT2D eigenvalue weighted by molar-refractivity contribution is 5.66. The van der Waals surface area contributed by atoms with Crippen LogP contribution >= 0.6 is 0 Å². The number of esters is 1. The number of carbonyl (C=O) groups excluding carboxylic acids is 1. The Balaban J connectivity index is 2.61. The molecule has 0 bridgehead atoms. The average molecular weight is 185 g/mol. The molecule has 13 heavy (non-hydrogen) atoms. The Morgan fingerprint density at radius 3 is 2.69 bits per heavy atom. The Hall–Kier alpha value is -0.570. The monoisotopic (exact) mass is 185 g/mol. The molecular formula is C10H19NO2. The molecule has 0 amide bonds. The number of rotatable bonds is 1. The van der Waals surface area contributed by atoms with E-state index in [1.807, 2.05) is 0 Å². The van der Waals surface area contributed by atoms with Gasteiger partial charge in [0.25, 0.3) is 0 Å². The zero-order valence-electron chi connectivity index (χ0n) is 8.67. The van der Waals surface area contributed by atoms with Crippen molar-refractivity contribution in [3.63, 3.8) is 0 Å². The average Bonchev–Trinajstić information content (AvgIpc) is 1.97. The van der Waals surface area contributed by atoms with Gasteiger partial charge in [-0.1, -0.05) is 13.8 Å². The number of hydrogen-bond donors (Lipinski definition) is 1. The van der Waals surface area contributed by atoms with Gasteiger partial charge in [0.15, 0.2) is 0 Å². The fourth-order valence-corrected chi connectivity index (χ4v) is 1.84. The Morgan fingerprint density at radius 1 is 1.54 bits per heavy atom. The minimum Gasteiger partial charge on any atom is -0.462 e. The van der Waals surface area contributed by atoms with Crippen molar-refractivity contribution in [2.45, 2.75) is 52.2 Å². The van der Waals surface area contributed by atoms with Gasteiger partial charge in [0.05, 0.1) is 0 Å². The van der Waals surface area contributed by atoms with E-state index in [0.717, 1.165) is 19.3 Å². The van der Waals surface area contributed by atoms with Crippen LogP contribution in [0.2, 0.25) is 0 Å². The van der Waals surface area contributed by atoms with Crippen molar-refractivity contribution in [3.8, 4) is 0 Å². The lowest BCUT2D eigenvalue weighted by Crippen LogP contribution is -2.44. The van der Waals surface area contributed by atoms with Crippen LogP contribution in [-0.2, 0) is 9.53 Å². The van der Waals surface area contributed by atoms with Crippen LogP contribution < -0.4 is 5.73 Å². The first-order chi connectivity index (χ1) is 5.92. The highest BCUT2D eigenvalue weighted by Gasteiger charge is 2.37. The van der Waals surface area contributed by atoms with Crippen molar-refractivity contribution in [1.29, 1.82) is 0 Å². The van der Waals surface area contributed by atoms with Gasteiger partial charge < -0.3 is 10.5 Å². The first-order valence-electron chi connectivity index (χ1n) is 4.84. The van der Waals surface area contributed by atoms with Gasteiger partial charge >= 0.3 is 5.97 Å². The van der Waals surface area contributed by atoms with E-state index in [2.05, 4.69) is 13.8 Å². The molecule has 0 aliphatic heterocycles. The van der Waals surface area contributed by atoms with Crippen LogP contribution in [0, 0.1) is 5.41 Å². The molecule has 76 valence electrons. The second kappa shape index (κ2) is 3.66. The van der Waals surface area contributed by atoms with Gasteiger partial charge in [-0.05, 0) is 12.8 Å². The van der Waals surface area contributed by atoms with Gasteiger partial charge in [-0.2, -0.15) is 0 Å². The van der Waals surface area contributed by atoms with Gasteiger partial charge in [0.2, 0.25) is 0 Å². The first-order valence-corrected chi connectivity index (χ1v) is 4.84. The molecule has 1 aliphatic carbocycles. The Bertz CT molecular complexity index is 201. The lowest BCUT2D eigenvalue weighted by Gasteiger charge is -2.40. The van der Waals surface area contributed by atoms with Gasteiger partial charge in [-0.15, -0.1) is 0 Å². The van der Waals surface area contributed by atoms with Crippen molar-refractivity contribution >= 4 is 5.97 Å². The maximum absolute atomic E-state index is 10.8. The van der Waals surface area contributed by atoms with E-state index in [4.69, 9.17) is 10.5 Å². The fraction of sp³-hybridized carbons (Fsp3) is 0.900. The van der Waals surface area contributed by atoms with Crippen molar-refractivity contribution in [2.24, 2.45) is 11.1 Å². The number of ether oxygens (including phenoxy) is 1. The predicted octanol–water partition coefficient (Wildman–Crippen LogP) is 1.46. The molecule has 1 fully saturated rings. The van der Waals surface area contributed by atoms with E-state index in [1.165, 1.54) is 6.92 Å². The molecule has 0 aromatic carbocycles. The third-order valence-electron chi connectivity index (χ3n) is 2.86. The van der Waals surface area contributed by atoms with Crippen LogP contribution in [-0.4, -0.2) is 18.1 Å². The lowest BCUT2D eigenvalue weighted by molar-refractivity contribution is -0.155. The molecule has 0 heterocycles. The van der Waals surface area contributed by atoms with Crippen LogP contribution in [0.5, 0.6) is 0 Å². The topological polar surface area (TPSA) is 52.3 Å². The third kappa shape index (κ3) is 2.69. The molecule has 0 unspecified atom stereocenters. The Kier molecular flexibility index (Phi) is 2.96. The zero-order chi connectivity index (χ0) is 10.1. The summed E-state index contributed by atoms with van der Waals surface area (Å²) in [5.74, 6) is -0.202. The van der Waals surface area contributed by atoms with Gasteiger partial charge in [0.1, 0.15) is 6.10 Å². The number of nitrogens with two attached hydrogens (primary N) is 1. The highest BCUT2D eigenvalue weighted by Crippen LogP contribution is 2.36. The summed E-state index contributed by atoms with van der Waals surface area (Å²) in [5, 5.41) is 0. The van der Waals surface area contributed by atoms with Crippen LogP contribution in [0.15, 0.2) is 0 Å². The van der Waals surface area contributed by atoms with Gasteiger partial charge in [-0.25, -0.2) is 0 Å². The molecule has 0 radical (unpaired) electrons. The fourth-order valence-electron chi connectivity index (χ4n) is 1.84. The largest absolute Gasteiger partial charge is 0.462 e. The van der Waals surface area contributed by atoms with Crippen molar-refractivity contribution < 1.29 is 9.53 Å². The van der Waals surface area contributed by atoms with Crippen molar-refractivity contribution in [2.75, 3.05) is 0 Å². The summed E-state index contributed by atoms with van der Waals surface area (Å²) in [6.45, 7) is 5.72. The molecule has 0 aromatic heterocycles. The van der Waals surface area contributed by atoms with Crippen LogP contribution in [0.25, 0.3) is 0 Å². The standard InChI is InChI=1S/C10H19NO2/c1-7(12)13-9-6-8(11)4-5-10(9,2)3/h8-9H,4-6,11H2,1-3H3/t8-,9-/m0/s1. The summed E-state index contributed by atoms with van der Waals surface area (Å²) < 4.78 is 5.26. The Morgan fingerprint density at radius 2 is 2.15 bits per heavy atom. The van der Waals surface area contributed by atoms with E-state index >= 15 is 0 Å². The van der Waals surface area contributed by atoms with E-state index in [0.29, 0.717) is 0 Å². The molecule has 0 spiro atoms. The summed E-state index contributed by atoms with van der Waals surface area (Å²) in [6.07, 6.45) is 2.86. The first kappa shape index (κ1) is 10.5. The second-order valence-electron chi connectivity index (χ2n) is 4.62. The molecule has 0 aromatic rings. The second-order valence-corrected chi connectivity index (χ2v) is 4.62. The Labute approximate surface area is 79.6 Å². The van der Waals surface area contributed by atoms with Crippen molar-refractivity contribution in [1.82, 2.24) is 0 Å². The van der Waals surface area contributed by atoms with Crippen molar-refractivity contribution in [3.05, 3.63) is 0 Å². The maximum atomic E-state index is 10.8. The summed E-state index contributed by atoms with van der Waals surface area (Å²) >= 11 is 0. The molecule has 2 atom stereocenters. The minimum absolute atomic E-state index is 0.00579. The molecule has 1 saturated carbocycles. The summed E-state index contributed by atoms with van der Waals surface area (Å²) in [4.78, 5) is 10.8. The maximum Gasteiger partial charge on any atom is 0.302 e. The van der Waals surface area contributed by atoms with E-state index in [-0.39, 0.29) is 23.5 Å².